The van der Waals surface area contributed by atoms with Gasteiger partial charge in [0.25, 0.3) is 5.91 Å². The number of amides is 1. The second-order valence-corrected chi connectivity index (χ2v) is 5.86. The average Bonchev–Trinajstić information content (AvgIpc) is 3.05. The third-order valence-electron chi connectivity index (χ3n) is 4.26. The first kappa shape index (κ1) is 14.3. The fourth-order valence-electron chi connectivity index (χ4n) is 3.23. The third kappa shape index (κ3) is 2.87. The van der Waals surface area contributed by atoms with E-state index in [1.165, 1.54) is 12.1 Å². The number of rotatable bonds is 2. The van der Waals surface area contributed by atoms with Crippen molar-refractivity contribution in [2.45, 2.75) is 31.9 Å². The first-order chi connectivity index (χ1) is 10.0. The Morgan fingerprint density at radius 1 is 1.29 bits per heavy atom. The van der Waals surface area contributed by atoms with Crippen LogP contribution in [0.1, 0.15) is 29.2 Å². The van der Waals surface area contributed by atoms with Crippen LogP contribution in [0.25, 0.3) is 0 Å². The molecular formula is C15H20N2O4. The van der Waals surface area contributed by atoms with E-state index < -0.39 is 6.10 Å². The van der Waals surface area contributed by atoms with Crippen molar-refractivity contribution in [1.82, 2.24) is 9.80 Å². The van der Waals surface area contributed by atoms with E-state index in [9.17, 15) is 14.7 Å². The predicted octanol–water partition coefficient (Wildman–Crippen LogP) is 0.229. The van der Waals surface area contributed by atoms with E-state index in [4.69, 9.17) is 4.42 Å². The summed E-state index contributed by atoms with van der Waals surface area (Å²) < 4.78 is 5.34. The van der Waals surface area contributed by atoms with Crippen molar-refractivity contribution in [2.24, 2.45) is 0 Å². The number of likely N-dealkylation sites (tertiary alicyclic amines) is 2. The molecule has 0 aromatic carbocycles. The molecule has 6 nitrogen and oxygen atoms in total. The van der Waals surface area contributed by atoms with Crippen molar-refractivity contribution in [1.29, 1.82) is 0 Å². The van der Waals surface area contributed by atoms with Crippen LogP contribution >= 0.6 is 0 Å². The van der Waals surface area contributed by atoms with Gasteiger partial charge in [-0.25, -0.2) is 0 Å². The maximum atomic E-state index is 12.4. The molecule has 0 bridgehead atoms. The largest absolute Gasteiger partial charge is 0.456 e. The van der Waals surface area contributed by atoms with Crippen LogP contribution < -0.4 is 5.43 Å². The van der Waals surface area contributed by atoms with Crippen LogP contribution in [-0.2, 0) is 0 Å². The molecule has 114 valence electrons. The van der Waals surface area contributed by atoms with Crippen molar-refractivity contribution < 1.29 is 14.3 Å². The Balaban J connectivity index is 1.75. The van der Waals surface area contributed by atoms with Crippen molar-refractivity contribution in [3.8, 4) is 0 Å². The monoisotopic (exact) mass is 292 g/mol. The Kier molecular flexibility index (Phi) is 3.82. The van der Waals surface area contributed by atoms with Crippen LogP contribution in [0.15, 0.2) is 21.3 Å². The Labute approximate surface area is 123 Å². The second-order valence-electron chi connectivity index (χ2n) is 5.86. The van der Waals surface area contributed by atoms with Gasteiger partial charge in [0, 0.05) is 25.2 Å². The van der Waals surface area contributed by atoms with Gasteiger partial charge in [-0.15, -0.1) is 0 Å². The molecule has 0 aliphatic carbocycles. The summed E-state index contributed by atoms with van der Waals surface area (Å²) in [6.45, 7) is 4.37. The fraction of sp³-hybridized carbons (Fsp3) is 0.600. The predicted molar refractivity (Wildman–Crippen MR) is 76.2 cm³/mol. The minimum atomic E-state index is -0.538. The van der Waals surface area contributed by atoms with E-state index in [-0.39, 0.29) is 29.7 Å². The molecule has 2 atom stereocenters. The van der Waals surface area contributed by atoms with Gasteiger partial charge in [0.15, 0.2) is 11.2 Å². The minimum Gasteiger partial charge on any atom is -0.456 e. The molecule has 1 aromatic heterocycles. The number of β-amino-alcohol motifs (C(OH)–C–C–N with tert-alkyl or cyclic N) is 1. The highest BCUT2D eigenvalue weighted by atomic mass is 16.3. The van der Waals surface area contributed by atoms with E-state index in [1.54, 1.807) is 11.8 Å². The van der Waals surface area contributed by atoms with Crippen molar-refractivity contribution in [2.75, 3.05) is 26.2 Å². The first-order valence-corrected chi connectivity index (χ1v) is 7.38. The van der Waals surface area contributed by atoms with Gasteiger partial charge in [0.1, 0.15) is 5.76 Å². The standard InChI is InChI=1S/C15H20N2O4/c1-10-6-11(18)7-14(21-10)15(20)17-8-12(13(19)9-17)16-4-2-3-5-16/h6-7,12-13,19H,2-5,8-9H2,1H3/t12-,13-/m0/s1. The number of aliphatic hydroxyl groups excluding tert-OH is 1. The van der Waals surface area contributed by atoms with Crippen LogP contribution in [0, 0.1) is 6.92 Å². The average molecular weight is 292 g/mol. The Morgan fingerprint density at radius 3 is 2.67 bits per heavy atom. The molecule has 2 saturated heterocycles. The number of carbonyl (C=O) groups is 1. The maximum Gasteiger partial charge on any atom is 0.289 e. The quantitative estimate of drug-likeness (QED) is 0.844. The summed E-state index contributed by atoms with van der Waals surface area (Å²) in [4.78, 5) is 27.7. The van der Waals surface area contributed by atoms with Gasteiger partial charge in [-0.3, -0.25) is 14.5 Å². The minimum absolute atomic E-state index is 0.00650. The smallest absolute Gasteiger partial charge is 0.289 e. The first-order valence-electron chi connectivity index (χ1n) is 7.38. The second kappa shape index (κ2) is 5.61. The number of nitrogens with zero attached hydrogens (tertiary/aromatic N) is 2. The van der Waals surface area contributed by atoms with Gasteiger partial charge in [-0.1, -0.05) is 0 Å². The summed E-state index contributed by atoms with van der Waals surface area (Å²) in [7, 11) is 0. The van der Waals surface area contributed by atoms with Gasteiger partial charge in [-0.2, -0.15) is 0 Å². The summed E-state index contributed by atoms with van der Waals surface area (Å²) in [5.74, 6) is 0.146. The zero-order valence-corrected chi connectivity index (χ0v) is 12.1. The summed E-state index contributed by atoms with van der Waals surface area (Å²) in [6.07, 6.45) is 1.75. The highest BCUT2D eigenvalue weighted by molar-refractivity contribution is 5.91. The zero-order chi connectivity index (χ0) is 15.0. The van der Waals surface area contributed by atoms with Crippen LogP contribution in [0.2, 0.25) is 0 Å². The SMILES string of the molecule is Cc1cc(=O)cc(C(=O)N2C[C@H](O)[C@@H](N3CCCC3)C2)o1. The zero-order valence-electron chi connectivity index (χ0n) is 12.1. The van der Waals surface area contributed by atoms with E-state index in [2.05, 4.69) is 4.90 Å². The number of aryl methyl sites for hydroxylation is 1. The molecule has 1 amide bonds. The highest BCUT2D eigenvalue weighted by Gasteiger charge is 2.39. The molecule has 6 heteroatoms. The summed E-state index contributed by atoms with van der Waals surface area (Å²) in [5.41, 5.74) is -0.238. The van der Waals surface area contributed by atoms with E-state index in [0.717, 1.165) is 25.9 Å². The molecule has 3 heterocycles. The summed E-state index contributed by atoms with van der Waals surface area (Å²) in [6, 6.07) is 2.56. The molecular weight excluding hydrogens is 272 g/mol. The number of hydrogen-bond donors (Lipinski definition) is 1. The lowest BCUT2D eigenvalue weighted by Crippen LogP contribution is -2.41. The summed E-state index contributed by atoms with van der Waals surface area (Å²) >= 11 is 0. The maximum absolute atomic E-state index is 12.4. The van der Waals surface area contributed by atoms with E-state index >= 15 is 0 Å². The molecule has 0 spiro atoms. The molecule has 2 fully saturated rings. The fourth-order valence-corrected chi connectivity index (χ4v) is 3.23. The molecule has 1 N–H and O–H groups in total. The van der Waals surface area contributed by atoms with Crippen molar-refractivity contribution in [3.05, 3.63) is 33.9 Å². The number of carbonyl (C=O) groups excluding carboxylic acids is 1. The lowest BCUT2D eigenvalue weighted by molar-refractivity contribution is 0.0728. The molecule has 0 saturated carbocycles. The van der Waals surface area contributed by atoms with Gasteiger partial charge >= 0.3 is 0 Å². The van der Waals surface area contributed by atoms with Gasteiger partial charge in [-0.05, 0) is 32.9 Å². The van der Waals surface area contributed by atoms with Gasteiger partial charge in [0.2, 0.25) is 0 Å². The Hall–Kier alpha value is -1.66. The van der Waals surface area contributed by atoms with Crippen LogP contribution in [-0.4, -0.2) is 59.1 Å². The van der Waals surface area contributed by atoms with Crippen LogP contribution in [0.3, 0.4) is 0 Å². The van der Waals surface area contributed by atoms with Crippen LogP contribution in [0.4, 0.5) is 0 Å². The lowest BCUT2D eigenvalue weighted by Gasteiger charge is -2.25. The number of hydrogen-bond acceptors (Lipinski definition) is 5. The number of aliphatic hydroxyl groups is 1. The van der Waals surface area contributed by atoms with E-state index in [1.807, 2.05) is 0 Å². The summed E-state index contributed by atoms with van der Waals surface area (Å²) in [5, 5.41) is 10.2. The molecule has 21 heavy (non-hydrogen) atoms. The topological polar surface area (TPSA) is 74.0 Å². The Bertz CT molecular complexity index is 592. The molecule has 2 aliphatic heterocycles. The molecule has 0 unspecified atom stereocenters. The molecule has 3 rings (SSSR count). The highest BCUT2D eigenvalue weighted by Crippen LogP contribution is 2.22. The normalized spacial score (nSPS) is 26.5. The van der Waals surface area contributed by atoms with Gasteiger partial charge < -0.3 is 14.4 Å². The third-order valence-corrected chi connectivity index (χ3v) is 4.26. The molecule has 2 aliphatic rings. The molecule has 1 aromatic rings. The lowest BCUT2D eigenvalue weighted by atomic mass is 10.2. The van der Waals surface area contributed by atoms with E-state index in [0.29, 0.717) is 12.3 Å². The Morgan fingerprint density at radius 2 is 2.00 bits per heavy atom. The van der Waals surface area contributed by atoms with Gasteiger partial charge in [0.05, 0.1) is 12.1 Å². The van der Waals surface area contributed by atoms with Crippen molar-refractivity contribution >= 4 is 5.91 Å². The van der Waals surface area contributed by atoms with Crippen molar-refractivity contribution in [3.63, 3.8) is 0 Å². The molecule has 0 radical (unpaired) electrons. The van der Waals surface area contributed by atoms with Crippen LogP contribution in [0.5, 0.6) is 0 Å².